The fraction of sp³-hybridized carbons (Fsp3) is 0.793. The molecule has 0 aromatic rings. The maximum Gasteiger partial charge on any atom is 0.325 e. The van der Waals surface area contributed by atoms with Crippen LogP contribution in [0.5, 0.6) is 0 Å². The number of aliphatic hydroxyl groups is 2. The molecule has 5 N–H and O–H groups in total. The number of unbranched alkanes of at least 4 members (excludes halogenated alkanes) is 2. The lowest BCUT2D eigenvalue weighted by atomic mass is 9.45. The smallest absolute Gasteiger partial charge is 0.325 e. The zero-order valence-corrected chi connectivity index (χ0v) is 24.0. The number of nitrogens with one attached hydrogen (secondary N) is 1. The molecule has 0 aliphatic heterocycles. The molecule has 0 spiro atoms. The van der Waals surface area contributed by atoms with Crippen molar-refractivity contribution in [3.8, 4) is 0 Å². The standard InChI is InChI=1S/C29H44N2O10/c1-27-11-9-19(32)14-18(27)7-8-20-21-10-12-29(37,28(21,2)15-22(33)26(20)27)23(34)17-40-25(36)16-30-24(35)6-4-3-5-13-41-31(38)39/h14,20-22,26,33,37-39H,3-13,15-17H2,1-2H3,(H,30,35)/t20-,21-,22-,26+,27-,28-,29-/m0/s1. The summed E-state index contributed by atoms with van der Waals surface area (Å²) in [7, 11) is 0. The topological polar surface area (TPSA) is 183 Å². The highest BCUT2D eigenvalue weighted by atomic mass is 17.1. The number of hydrogen-bond acceptors (Lipinski definition) is 11. The summed E-state index contributed by atoms with van der Waals surface area (Å²) in [5, 5.41) is 42.2. The van der Waals surface area contributed by atoms with Crippen LogP contribution in [0.25, 0.3) is 0 Å². The normalized spacial score (nSPS) is 36.2. The highest BCUT2D eigenvalue weighted by molar-refractivity contribution is 5.92. The second-order valence-electron chi connectivity index (χ2n) is 12.7. The Morgan fingerprint density at radius 3 is 2.59 bits per heavy atom. The first-order valence-electron chi connectivity index (χ1n) is 14.7. The van der Waals surface area contributed by atoms with Crippen LogP contribution in [0.4, 0.5) is 0 Å². The van der Waals surface area contributed by atoms with Crippen LogP contribution in [0.1, 0.15) is 84.5 Å². The first kappa shape index (κ1) is 31.7. The molecule has 0 unspecified atom stereocenters. The van der Waals surface area contributed by atoms with Crippen LogP contribution in [0.3, 0.4) is 0 Å². The van der Waals surface area contributed by atoms with E-state index < -0.39 is 42.0 Å². The van der Waals surface area contributed by atoms with Gasteiger partial charge in [0.15, 0.2) is 12.4 Å². The third kappa shape index (κ3) is 6.28. The van der Waals surface area contributed by atoms with E-state index in [1.807, 2.05) is 6.92 Å². The Kier molecular flexibility index (Phi) is 9.72. The van der Waals surface area contributed by atoms with Gasteiger partial charge < -0.3 is 20.3 Å². The zero-order chi connectivity index (χ0) is 30.0. The third-order valence-corrected chi connectivity index (χ3v) is 10.6. The summed E-state index contributed by atoms with van der Waals surface area (Å²) in [5.74, 6) is -1.50. The van der Waals surface area contributed by atoms with E-state index in [0.29, 0.717) is 38.5 Å². The van der Waals surface area contributed by atoms with E-state index in [9.17, 15) is 29.4 Å². The van der Waals surface area contributed by atoms with Crippen molar-refractivity contribution in [2.24, 2.45) is 28.6 Å². The monoisotopic (exact) mass is 580 g/mol. The summed E-state index contributed by atoms with van der Waals surface area (Å²) < 4.78 is 5.13. The van der Waals surface area contributed by atoms with E-state index >= 15 is 0 Å². The van der Waals surface area contributed by atoms with Crippen LogP contribution in [0.15, 0.2) is 11.6 Å². The van der Waals surface area contributed by atoms with E-state index in [1.54, 1.807) is 6.08 Å². The van der Waals surface area contributed by atoms with Crippen molar-refractivity contribution in [1.29, 1.82) is 0 Å². The molecule has 0 bridgehead atoms. The average molecular weight is 581 g/mol. The molecule has 3 fully saturated rings. The van der Waals surface area contributed by atoms with Crippen molar-refractivity contribution in [2.45, 2.75) is 96.2 Å². The van der Waals surface area contributed by atoms with Gasteiger partial charge in [0.2, 0.25) is 11.7 Å². The SMILES string of the molecule is C[C@]12CCC(=O)C=C1CC[C@@H]1[C@@H]2[C@@H](O)C[C@@]2(C)[C@H]1CC[C@]2(O)C(=O)COC(=O)CNC(=O)CCCCCON(O)O. The van der Waals surface area contributed by atoms with Crippen LogP contribution in [0.2, 0.25) is 0 Å². The van der Waals surface area contributed by atoms with Crippen LogP contribution in [0, 0.1) is 28.6 Å². The molecule has 4 aliphatic rings. The number of carbonyl (C=O) groups excluding carboxylic acids is 4. The van der Waals surface area contributed by atoms with Gasteiger partial charge in [-0.25, -0.2) is 0 Å². The van der Waals surface area contributed by atoms with Gasteiger partial charge in [0.25, 0.3) is 0 Å². The molecule has 4 aliphatic carbocycles. The van der Waals surface area contributed by atoms with Gasteiger partial charge in [0.05, 0.1) is 18.1 Å². The highest BCUT2D eigenvalue weighted by Gasteiger charge is 2.68. The van der Waals surface area contributed by atoms with E-state index in [0.717, 1.165) is 18.4 Å². The van der Waals surface area contributed by atoms with Crippen molar-refractivity contribution in [1.82, 2.24) is 10.7 Å². The van der Waals surface area contributed by atoms with E-state index in [2.05, 4.69) is 17.1 Å². The maximum atomic E-state index is 13.3. The van der Waals surface area contributed by atoms with Gasteiger partial charge in [0, 0.05) is 18.3 Å². The summed E-state index contributed by atoms with van der Waals surface area (Å²) in [5.41, 5.74) is -1.75. The van der Waals surface area contributed by atoms with Crippen LogP contribution in [-0.2, 0) is 28.8 Å². The Labute approximate surface area is 239 Å². The first-order chi connectivity index (χ1) is 19.3. The zero-order valence-electron chi connectivity index (χ0n) is 24.0. The predicted octanol–water partition coefficient (Wildman–Crippen LogP) is 2.02. The number of Topliss-reactive ketones (excluding diaryl/α,β-unsaturated/α-hetero) is 1. The minimum Gasteiger partial charge on any atom is -0.456 e. The number of ketones is 2. The number of fused-ring (bicyclic) bond motifs is 5. The summed E-state index contributed by atoms with van der Waals surface area (Å²) in [6.07, 6.45) is 6.69. The number of allylic oxidation sites excluding steroid dienone is 1. The fourth-order valence-corrected chi connectivity index (χ4v) is 8.44. The van der Waals surface area contributed by atoms with Crippen LogP contribution < -0.4 is 5.32 Å². The molecule has 0 saturated heterocycles. The molecule has 41 heavy (non-hydrogen) atoms. The van der Waals surface area contributed by atoms with Gasteiger partial charge in [-0.1, -0.05) is 25.8 Å². The van der Waals surface area contributed by atoms with Gasteiger partial charge in [-0.15, -0.1) is 0 Å². The molecule has 0 aromatic carbocycles. The van der Waals surface area contributed by atoms with Crippen molar-refractivity contribution in [3.63, 3.8) is 0 Å². The predicted molar refractivity (Wildman–Crippen MR) is 142 cm³/mol. The van der Waals surface area contributed by atoms with Crippen molar-refractivity contribution >= 4 is 23.4 Å². The van der Waals surface area contributed by atoms with Crippen LogP contribution in [-0.4, -0.2) is 80.9 Å². The minimum absolute atomic E-state index is 0.0219. The number of nitrogens with zero attached hydrogens (tertiary/aromatic N) is 1. The molecule has 12 heteroatoms. The summed E-state index contributed by atoms with van der Waals surface area (Å²) in [6, 6.07) is 0. The first-order valence-corrected chi connectivity index (χ1v) is 14.7. The molecule has 230 valence electrons. The molecule has 12 nitrogen and oxygen atoms in total. The fourth-order valence-electron chi connectivity index (χ4n) is 8.44. The molecule has 0 heterocycles. The van der Waals surface area contributed by atoms with Gasteiger partial charge in [-0.05, 0) is 80.6 Å². The summed E-state index contributed by atoms with van der Waals surface area (Å²) in [6.45, 7) is 3.09. The molecule has 4 rings (SSSR count). The van der Waals surface area contributed by atoms with Crippen molar-refractivity contribution in [2.75, 3.05) is 19.8 Å². The number of carbonyl (C=O) groups is 4. The quantitative estimate of drug-likeness (QED) is 0.129. The van der Waals surface area contributed by atoms with E-state index in [1.165, 1.54) is 0 Å². The Balaban J connectivity index is 1.28. The van der Waals surface area contributed by atoms with Crippen LogP contribution >= 0.6 is 0 Å². The number of hydrogen-bond donors (Lipinski definition) is 5. The van der Waals surface area contributed by atoms with Gasteiger partial charge in [-0.2, -0.15) is 0 Å². The van der Waals surface area contributed by atoms with Gasteiger partial charge in [0.1, 0.15) is 12.1 Å². The van der Waals surface area contributed by atoms with Gasteiger partial charge >= 0.3 is 5.97 Å². The Morgan fingerprint density at radius 1 is 1.10 bits per heavy atom. The largest absolute Gasteiger partial charge is 0.456 e. The molecule has 0 radical (unpaired) electrons. The maximum absolute atomic E-state index is 13.3. The molecule has 3 saturated carbocycles. The lowest BCUT2D eigenvalue weighted by Crippen LogP contribution is -2.62. The van der Waals surface area contributed by atoms with Gasteiger partial charge in [-0.3, -0.25) is 34.4 Å². The minimum atomic E-state index is -1.74. The van der Waals surface area contributed by atoms with E-state index in [-0.39, 0.29) is 66.1 Å². The van der Waals surface area contributed by atoms with E-state index in [4.69, 9.17) is 15.2 Å². The third-order valence-electron chi connectivity index (χ3n) is 10.6. The number of esters is 1. The Morgan fingerprint density at radius 2 is 1.85 bits per heavy atom. The van der Waals surface area contributed by atoms with Crippen molar-refractivity contribution in [3.05, 3.63) is 11.6 Å². The Bertz CT molecular complexity index is 1060. The molecule has 0 aromatic heterocycles. The summed E-state index contributed by atoms with van der Waals surface area (Å²) in [4.78, 5) is 54.1. The second-order valence-corrected chi connectivity index (χ2v) is 12.7. The Hall–Kier alpha value is -2.22. The second kappa shape index (κ2) is 12.6. The van der Waals surface area contributed by atoms with Crippen molar-refractivity contribution < 1.29 is 49.4 Å². The molecular formula is C29H44N2O10. The lowest BCUT2D eigenvalue weighted by Gasteiger charge is -2.60. The lowest BCUT2D eigenvalue weighted by molar-refractivity contribution is -0.492. The number of rotatable bonds is 12. The number of aliphatic hydroxyl groups excluding tert-OH is 1. The average Bonchev–Trinajstić information content (AvgIpc) is 3.18. The molecule has 1 amide bonds. The molecular weight excluding hydrogens is 536 g/mol. The number of amides is 1. The highest BCUT2D eigenvalue weighted by Crippen LogP contribution is 2.67. The summed E-state index contributed by atoms with van der Waals surface area (Å²) >= 11 is 0. The number of ether oxygens (including phenoxy) is 1. The molecule has 7 atom stereocenters.